The highest BCUT2D eigenvalue weighted by Crippen LogP contribution is 2.45. The molecule has 1 heterocycles. The Morgan fingerprint density at radius 2 is 1.80 bits per heavy atom. The molecule has 2 N–H and O–H groups in total. The first-order valence-corrected chi connectivity index (χ1v) is 5.33. The molecular formula is C8H15NS. The average Bonchev–Trinajstić information content (AvgIpc) is 2.72. The molecule has 10 heavy (non-hydrogen) atoms. The molecule has 1 saturated carbocycles. The van der Waals surface area contributed by atoms with Crippen molar-refractivity contribution in [1.82, 2.24) is 0 Å². The van der Waals surface area contributed by atoms with Crippen LogP contribution in [0.1, 0.15) is 25.7 Å². The SMILES string of the molecule is NC1(C2CCSCC2)CC1. The summed E-state index contributed by atoms with van der Waals surface area (Å²) in [6.45, 7) is 0. The molecule has 0 amide bonds. The second-order valence-corrected chi connectivity index (χ2v) is 4.84. The highest BCUT2D eigenvalue weighted by molar-refractivity contribution is 7.99. The van der Waals surface area contributed by atoms with Gasteiger partial charge in [0.05, 0.1) is 0 Å². The van der Waals surface area contributed by atoms with Gasteiger partial charge in [-0.1, -0.05) is 0 Å². The van der Waals surface area contributed by atoms with Crippen LogP contribution in [0.2, 0.25) is 0 Å². The molecule has 1 aliphatic heterocycles. The van der Waals surface area contributed by atoms with Crippen molar-refractivity contribution in [2.24, 2.45) is 11.7 Å². The van der Waals surface area contributed by atoms with E-state index < -0.39 is 0 Å². The Morgan fingerprint density at radius 3 is 2.30 bits per heavy atom. The molecule has 58 valence electrons. The van der Waals surface area contributed by atoms with E-state index in [1.54, 1.807) is 0 Å². The third-order valence-corrected chi connectivity index (χ3v) is 3.91. The maximum Gasteiger partial charge on any atom is 0.0184 e. The minimum atomic E-state index is 0.307. The molecule has 2 rings (SSSR count). The fourth-order valence-electron chi connectivity index (χ4n) is 1.83. The Hall–Kier alpha value is 0.310. The average molecular weight is 157 g/mol. The van der Waals surface area contributed by atoms with Gasteiger partial charge in [-0.2, -0.15) is 11.8 Å². The summed E-state index contributed by atoms with van der Waals surface area (Å²) in [5.74, 6) is 3.57. The van der Waals surface area contributed by atoms with Crippen molar-refractivity contribution in [1.29, 1.82) is 0 Å². The van der Waals surface area contributed by atoms with E-state index in [4.69, 9.17) is 5.73 Å². The van der Waals surface area contributed by atoms with E-state index in [0.29, 0.717) is 5.54 Å². The molecule has 0 aromatic rings. The van der Waals surface area contributed by atoms with Crippen molar-refractivity contribution in [3.05, 3.63) is 0 Å². The van der Waals surface area contributed by atoms with Gasteiger partial charge in [0.15, 0.2) is 0 Å². The lowest BCUT2D eigenvalue weighted by atomic mass is 9.92. The Bertz CT molecular complexity index is 125. The number of thioether (sulfide) groups is 1. The fraction of sp³-hybridized carbons (Fsp3) is 1.00. The summed E-state index contributed by atoms with van der Waals surface area (Å²) in [7, 11) is 0. The minimum Gasteiger partial charge on any atom is -0.325 e. The van der Waals surface area contributed by atoms with E-state index in [1.807, 2.05) is 0 Å². The third kappa shape index (κ3) is 1.19. The Labute approximate surface area is 66.7 Å². The van der Waals surface area contributed by atoms with Gasteiger partial charge in [0.25, 0.3) is 0 Å². The van der Waals surface area contributed by atoms with Crippen molar-refractivity contribution < 1.29 is 0 Å². The zero-order chi connectivity index (χ0) is 7.03. The van der Waals surface area contributed by atoms with E-state index in [9.17, 15) is 0 Å². The largest absolute Gasteiger partial charge is 0.325 e. The van der Waals surface area contributed by atoms with Gasteiger partial charge in [0, 0.05) is 5.54 Å². The van der Waals surface area contributed by atoms with E-state index in [1.165, 1.54) is 37.2 Å². The van der Waals surface area contributed by atoms with Crippen LogP contribution in [-0.4, -0.2) is 17.0 Å². The highest BCUT2D eigenvalue weighted by atomic mass is 32.2. The second-order valence-electron chi connectivity index (χ2n) is 3.62. The molecule has 0 bridgehead atoms. The van der Waals surface area contributed by atoms with E-state index in [0.717, 1.165) is 5.92 Å². The number of rotatable bonds is 1. The highest BCUT2D eigenvalue weighted by Gasteiger charge is 2.45. The van der Waals surface area contributed by atoms with Crippen LogP contribution in [0, 0.1) is 5.92 Å². The van der Waals surface area contributed by atoms with Crippen LogP contribution in [-0.2, 0) is 0 Å². The summed E-state index contributed by atoms with van der Waals surface area (Å²) < 4.78 is 0. The van der Waals surface area contributed by atoms with Crippen molar-refractivity contribution in [3.63, 3.8) is 0 Å². The summed E-state index contributed by atoms with van der Waals surface area (Å²) >= 11 is 2.09. The molecule has 2 heteroatoms. The van der Waals surface area contributed by atoms with Crippen molar-refractivity contribution in [2.75, 3.05) is 11.5 Å². The maximum atomic E-state index is 6.11. The van der Waals surface area contributed by atoms with E-state index >= 15 is 0 Å². The van der Waals surface area contributed by atoms with Gasteiger partial charge in [-0.25, -0.2) is 0 Å². The van der Waals surface area contributed by atoms with Gasteiger partial charge >= 0.3 is 0 Å². The lowest BCUT2D eigenvalue weighted by Crippen LogP contribution is -2.34. The molecule has 0 radical (unpaired) electrons. The predicted molar refractivity (Wildman–Crippen MR) is 46.2 cm³/mol. The second kappa shape index (κ2) is 2.42. The molecule has 1 nitrogen and oxygen atoms in total. The van der Waals surface area contributed by atoms with Crippen molar-refractivity contribution in [3.8, 4) is 0 Å². The Balaban J connectivity index is 1.91. The van der Waals surface area contributed by atoms with Gasteiger partial charge in [-0.3, -0.25) is 0 Å². The lowest BCUT2D eigenvalue weighted by Gasteiger charge is -2.26. The van der Waals surface area contributed by atoms with Gasteiger partial charge in [0.1, 0.15) is 0 Å². The molecule has 0 atom stereocenters. The Morgan fingerprint density at radius 1 is 1.20 bits per heavy atom. The van der Waals surface area contributed by atoms with E-state index in [-0.39, 0.29) is 0 Å². The molecule has 0 aromatic heterocycles. The predicted octanol–water partition coefficient (Wildman–Crippen LogP) is 1.62. The quantitative estimate of drug-likeness (QED) is 0.626. The van der Waals surface area contributed by atoms with Crippen LogP contribution in [0.3, 0.4) is 0 Å². The van der Waals surface area contributed by atoms with Crippen LogP contribution in [0.25, 0.3) is 0 Å². The van der Waals surface area contributed by atoms with Crippen LogP contribution in [0.15, 0.2) is 0 Å². The first kappa shape index (κ1) is 6.99. The minimum absolute atomic E-state index is 0.307. The fourth-order valence-corrected chi connectivity index (χ4v) is 2.93. The summed E-state index contributed by atoms with van der Waals surface area (Å²) in [6, 6.07) is 0. The molecular weight excluding hydrogens is 142 g/mol. The maximum absolute atomic E-state index is 6.11. The zero-order valence-corrected chi connectivity index (χ0v) is 7.12. The summed E-state index contributed by atoms with van der Waals surface area (Å²) in [4.78, 5) is 0. The molecule has 0 unspecified atom stereocenters. The van der Waals surface area contributed by atoms with E-state index in [2.05, 4.69) is 11.8 Å². The Kier molecular flexibility index (Phi) is 1.69. The molecule has 1 saturated heterocycles. The zero-order valence-electron chi connectivity index (χ0n) is 6.31. The summed E-state index contributed by atoms with van der Waals surface area (Å²) in [6.07, 6.45) is 5.34. The van der Waals surface area contributed by atoms with Crippen molar-refractivity contribution in [2.45, 2.75) is 31.2 Å². The number of nitrogens with two attached hydrogens (primary N) is 1. The van der Waals surface area contributed by atoms with Crippen molar-refractivity contribution >= 4 is 11.8 Å². The molecule has 1 aliphatic carbocycles. The first-order valence-electron chi connectivity index (χ1n) is 4.18. The molecule has 0 spiro atoms. The molecule has 2 fully saturated rings. The van der Waals surface area contributed by atoms with Crippen LogP contribution >= 0.6 is 11.8 Å². The van der Waals surface area contributed by atoms with Gasteiger partial charge in [-0.15, -0.1) is 0 Å². The third-order valence-electron chi connectivity index (χ3n) is 2.86. The first-order chi connectivity index (χ1) is 4.81. The van der Waals surface area contributed by atoms with Gasteiger partial charge in [-0.05, 0) is 43.1 Å². The molecule has 0 aromatic carbocycles. The molecule has 2 aliphatic rings. The van der Waals surface area contributed by atoms with Gasteiger partial charge < -0.3 is 5.73 Å². The number of hydrogen-bond donors (Lipinski definition) is 1. The summed E-state index contributed by atoms with van der Waals surface area (Å²) in [5.41, 5.74) is 6.42. The smallest absolute Gasteiger partial charge is 0.0184 e. The topological polar surface area (TPSA) is 26.0 Å². The normalized spacial score (nSPS) is 32.1. The van der Waals surface area contributed by atoms with Crippen LogP contribution < -0.4 is 5.73 Å². The monoisotopic (exact) mass is 157 g/mol. The van der Waals surface area contributed by atoms with Gasteiger partial charge in [0.2, 0.25) is 0 Å². The van der Waals surface area contributed by atoms with Crippen LogP contribution in [0.5, 0.6) is 0 Å². The number of hydrogen-bond acceptors (Lipinski definition) is 2. The standard InChI is InChI=1S/C8H15NS/c9-8(3-4-8)7-1-5-10-6-2-7/h7H,1-6,9H2. The summed E-state index contributed by atoms with van der Waals surface area (Å²) in [5, 5.41) is 0. The lowest BCUT2D eigenvalue weighted by molar-refractivity contribution is 0.378. The van der Waals surface area contributed by atoms with Crippen LogP contribution in [0.4, 0.5) is 0 Å².